The van der Waals surface area contributed by atoms with E-state index in [0.717, 1.165) is 24.5 Å². The SMILES string of the molecule is CCC1CN(c2ccc(Cl)cc2C#N)CCS1. The van der Waals surface area contributed by atoms with E-state index in [1.807, 2.05) is 23.9 Å². The number of benzene rings is 1. The van der Waals surface area contributed by atoms with Crippen molar-refractivity contribution in [1.29, 1.82) is 5.26 Å². The Labute approximate surface area is 112 Å². The summed E-state index contributed by atoms with van der Waals surface area (Å²) in [6.07, 6.45) is 1.18. The second-order valence-corrected chi connectivity index (χ2v) is 5.97. The molecule has 2 nitrogen and oxygen atoms in total. The summed E-state index contributed by atoms with van der Waals surface area (Å²) in [5, 5.41) is 10.5. The highest BCUT2D eigenvalue weighted by Crippen LogP contribution is 2.29. The Morgan fingerprint density at radius 2 is 2.41 bits per heavy atom. The van der Waals surface area contributed by atoms with E-state index in [9.17, 15) is 0 Å². The number of nitrogens with zero attached hydrogens (tertiary/aromatic N) is 2. The van der Waals surface area contributed by atoms with Crippen molar-refractivity contribution >= 4 is 29.1 Å². The summed E-state index contributed by atoms with van der Waals surface area (Å²) in [5.41, 5.74) is 1.70. The molecular weight excluding hydrogens is 252 g/mol. The standard InChI is InChI=1S/C13H15ClN2S/c1-2-12-9-16(5-6-17-12)13-4-3-11(14)7-10(13)8-15/h3-4,7,12H,2,5-6,9H2,1H3. The van der Waals surface area contributed by atoms with Gasteiger partial charge >= 0.3 is 0 Å². The first kappa shape index (κ1) is 12.6. The van der Waals surface area contributed by atoms with Gasteiger partial charge in [-0.3, -0.25) is 0 Å². The second-order valence-electron chi connectivity index (χ2n) is 4.12. The Hall–Kier alpha value is -0.850. The fourth-order valence-electron chi connectivity index (χ4n) is 2.06. The van der Waals surface area contributed by atoms with Crippen LogP contribution in [-0.4, -0.2) is 24.1 Å². The van der Waals surface area contributed by atoms with Crippen LogP contribution in [0.25, 0.3) is 0 Å². The van der Waals surface area contributed by atoms with Crippen molar-refractivity contribution in [2.75, 3.05) is 23.7 Å². The van der Waals surface area contributed by atoms with Gasteiger partial charge in [-0.25, -0.2) is 0 Å². The van der Waals surface area contributed by atoms with Crippen LogP contribution in [0.2, 0.25) is 5.02 Å². The lowest BCUT2D eigenvalue weighted by Crippen LogP contribution is -2.38. The van der Waals surface area contributed by atoms with Crippen LogP contribution >= 0.6 is 23.4 Å². The molecule has 1 heterocycles. The molecule has 0 bridgehead atoms. The number of rotatable bonds is 2. The molecule has 1 fully saturated rings. The van der Waals surface area contributed by atoms with Gasteiger partial charge in [-0.2, -0.15) is 17.0 Å². The van der Waals surface area contributed by atoms with Crippen molar-refractivity contribution in [2.45, 2.75) is 18.6 Å². The van der Waals surface area contributed by atoms with Crippen molar-refractivity contribution in [1.82, 2.24) is 0 Å². The van der Waals surface area contributed by atoms with Crippen molar-refractivity contribution < 1.29 is 0 Å². The van der Waals surface area contributed by atoms with E-state index < -0.39 is 0 Å². The molecule has 0 N–H and O–H groups in total. The highest BCUT2D eigenvalue weighted by atomic mass is 35.5. The number of hydrogen-bond acceptors (Lipinski definition) is 3. The summed E-state index contributed by atoms with van der Waals surface area (Å²) in [4.78, 5) is 2.31. The Bertz CT molecular complexity index is 442. The third-order valence-electron chi connectivity index (χ3n) is 3.01. The number of halogens is 1. The van der Waals surface area contributed by atoms with Crippen LogP contribution < -0.4 is 4.90 Å². The van der Waals surface area contributed by atoms with Gasteiger partial charge in [-0.15, -0.1) is 0 Å². The minimum Gasteiger partial charge on any atom is -0.369 e. The highest BCUT2D eigenvalue weighted by Gasteiger charge is 2.21. The largest absolute Gasteiger partial charge is 0.369 e. The average Bonchev–Trinajstić information content (AvgIpc) is 2.38. The third-order valence-corrected chi connectivity index (χ3v) is 4.62. The van der Waals surface area contributed by atoms with Crippen LogP contribution in [0.3, 0.4) is 0 Å². The summed E-state index contributed by atoms with van der Waals surface area (Å²) in [6.45, 7) is 4.25. The minimum atomic E-state index is 0.628. The summed E-state index contributed by atoms with van der Waals surface area (Å²) < 4.78 is 0. The first-order valence-electron chi connectivity index (χ1n) is 5.80. The molecule has 0 aliphatic carbocycles. The Kier molecular flexibility index (Phi) is 4.20. The fourth-order valence-corrected chi connectivity index (χ4v) is 3.41. The molecule has 0 amide bonds. The van der Waals surface area contributed by atoms with Crippen molar-refractivity contribution in [2.24, 2.45) is 0 Å². The van der Waals surface area contributed by atoms with Crippen molar-refractivity contribution in [3.05, 3.63) is 28.8 Å². The van der Waals surface area contributed by atoms with Gasteiger partial charge in [0.05, 0.1) is 11.3 Å². The van der Waals surface area contributed by atoms with E-state index in [-0.39, 0.29) is 0 Å². The maximum Gasteiger partial charge on any atom is 0.101 e. The molecule has 1 aliphatic heterocycles. The maximum absolute atomic E-state index is 9.16. The summed E-state index contributed by atoms with van der Waals surface area (Å²) in [6, 6.07) is 7.81. The van der Waals surface area contributed by atoms with Gasteiger partial charge in [0.1, 0.15) is 6.07 Å². The zero-order valence-electron chi connectivity index (χ0n) is 9.82. The van der Waals surface area contributed by atoms with Crippen LogP contribution in [0.1, 0.15) is 18.9 Å². The van der Waals surface area contributed by atoms with E-state index in [2.05, 4.69) is 17.9 Å². The molecule has 17 heavy (non-hydrogen) atoms. The lowest BCUT2D eigenvalue weighted by atomic mass is 10.1. The average molecular weight is 267 g/mol. The van der Waals surface area contributed by atoms with Gasteiger partial charge in [0, 0.05) is 29.1 Å². The fraction of sp³-hybridized carbons (Fsp3) is 0.462. The molecule has 1 aromatic carbocycles. The first-order chi connectivity index (χ1) is 8.24. The third kappa shape index (κ3) is 2.88. The molecule has 1 saturated heterocycles. The molecule has 1 aliphatic rings. The summed E-state index contributed by atoms with van der Waals surface area (Å²) in [5.74, 6) is 1.13. The highest BCUT2D eigenvalue weighted by molar-refractivity contribution is 8.00. The van der Waals surface area contributed by atoms with E-state index in [1.165, 1.54) is 6.42 Å². The summed E-state index contributed by atoms with van der Waals surface area (Å²) >= 11 is 7.94. The number of hydrogen-bond donors (Lipinski definition) is 0. The second kappa shape index (κ2) is 5.66. The molecule has 1 unspecified atom stereocenters. The lowest BCUT2D eigenvalue weighted by Gasteiger charge is -2.34. The van der Waals surface area contributed by atoms with Gasteiger partial charge < -0.3 is 4.90 Å². The zero-order chi connectivity index (χ0) is 12.3. The van der Waals surface area contributed by atoms with Gasteiger partial charge in [-0.1, -0.05) is 18.5 Å². The number of nitriles is 1. The maximum atomic E-state index is 9.16. The molecule has 0 radical (unpaired) electrons. The van der Waals surface area contributed by atoms with E-state index in [1.54, 1.807) is 6.07 Å². The predicted octanol–water partition coefficient (Wildman–Crippen LogP) is 3.54. The minimum absolute atomic E-state index is 0.628. The molecule has 4 heteroatoms. The van der Waals surface area contributed by atoms with Crippen LogP contribution in [0.5, 0.6) is 0 Å². The lowest BCUT2D eigenvalue weighted by molar-refractivity contribution is 0.727. The van der Waals surface area contributed by atoms with Crippen LogP contribution in [0.15, 0.2) is 18.2 Å². The predicted molar refractivity (Wildman–Crippen MR) is 74.9 cm³/mol. The van der Waals surface area contributed by atoms with Crippen LogP contribution in [0.4, 0.5) is 5.69 Å². The molecule has 0 saturated carbocycles. The van der Waals surface area contributed by atoms with Crippen LogP contribution in [-0.2, 0) is 0 Å². The van der Waals surface area contributed by atoms with Crippen LogP contribution in [0, 0.1) is 11.3 Å². The van der Waals surface area contributed by atoms with Gasteiger partial charge in [0.25, 0.3) is 0 Å². The van der Waals surface area contributed by atoms with E-state index in [0.29, 0.717) is 15.8 Å². The number of anilines is 1. The summed E-state index contributed by atoms with van der Waals surface area (Å²) in [7, 11) is 0. The van der Waals surface area contributed by atoms with E-state index >= 15 is 0 Å². The number of thioether (sulfide) groups is 1. The topological polar surface area (TPSA) is 27.0 Å². The normalized spacial score (nSPS) is 20.1. The molecule has 0 aromatic heterocycles. The molecule has 0 spiro atoms. The quantitative estimate of drug-likeness (QED) is 0.819. The first-order valence-corrected chi connectivity index (χ1v) is 7.23. The molecule has 1 atom stereocenters. The van der Waals surface area contributed by atoms with Crippen molar-refractivity contribution in [3.63, 3.8) is 0 Å². The molecular formula is C13H15ClN2S. The molecule has 1 aromatic rings. The molecule has 2 rings (SSSR count). The molecule has 90 valence electrons. The van der Waals surface area contributed by atoms with Crippen molar-refractivity contribution in [3.8, 4) is 6.07 Å². The van der Waals surface area contributed by atoms with Gasteiger partial charge in [0.15, 0.2) is 0 Å². The zero-order valence-corrected chi connectivity index (χ0v) is 11.4. The van der Waals surface area contributed by atoms with Gasteiger partial charge in [-0.05, 0) is 24.6 Å². The Morgan fingerprint density at radius 1 is 1.59 bits per heavy atom. The smallest absolute Gasteiger partial charge is 0.101 e. The Balaban J connectivity index is 2.24. The monoisotopic (exact) mass is 266 g/mol. The van der Waals surface area contributed by atoms with Gasteiger partial charge in [0.2, 0.25) is 0 Å². The van der Waals surface area contributed by atoms with E-state index in [4.69, 9.17) is 16.9 Å². The Morgan fingerprint density at radius 3 is 3.12 bits per heavy atom.